The molecule has 2 aromatic carbocycles. The summed E-state index contributed by atoms with van der Waals surface area (Å²) in [6.07, 6.45) is 1.47. The van der Waals surface area contributed by atoms with Crippen LogP contribution in [0.15, 0.2) is 65.6 Å². The zero-order chi connectivity index (χ0) is 17.4. The minimum Gasteiger partial charge on any atom is -0.391 e. The van der Waals surface area contributed by atoms with Gasteiger partial charge >= 0.3 is 0 Å². The van der Waals surface area contributed by atoms with Crippen LogP contribution >= 0.6 is 0 Å². The van der Waals surface area contributed by atoms with Crippen LogP contribution in [0.4, 0.5) is 0 Å². The standard InChI is InChI=1S/C20H23NO3S/c22-19-12-11-17-20(25(23,24)16-9-5-2-6-10-16)13-18(19)21(17)14-15-7-3-1-4-8-15/h1-10,17-20,22H,11-14H2/t17-,18-,19+,20+/m1/s1. The number of nitrogens with zero attached hydrogens (tertiary/aromatic N) is 1. The van der Waals surface area contributed by atoms with Gasteiger partial charge in [0, 0.05) is 18.6 Å². The molecule has 2 heterocycles. The average Bonchev–Trinajstić information content (AvgIpc) is 2.90. The van der Waals surface area contributed by atoms with E-state index in [1.165, 1.54) is 0 Å². The molecule has 0 unspecified atom stereocenters. The Morgan fingerprint density at radius 3 is 2.24 bits per heavy atom. The van der Waals surface area contributed by atoms with Crippen molar-refractivity contribution in [3.05, 3.63) is 66.2 Å². The van der Waals surface area contributed by atoms with E-state index in [4.69, 9.17) is 0 Å². The Hall–Kier alpha value is -1.69. The molecule has 4 rings (SSSR count). The highest BCUT2D eigenvalue weighted by atomic mass is 32.2. The Kier molecular flexibility index (Phi) is 4.40. The van der Waals surface area contributed by atoms with Gasteiger partial charge in [0.15, 0.2) is 9.84 Å². The normalized spacial score (nSPS) is 29.6. The smallest absolute Gasteiger partial charge is 0.182 e. The van der Waals surface area contributed by atoms with Crippen LogP contribution in [0, 0.1) is 0 Å². The van der Waals surface area contributed by atoms with Gasteiger partial charge in [0.05, 0.1) is 16.2 Å². The number of benzene rings is 2. The van der Waals surface area contributed by atoms with Crippen molar-refractivity contribution in [3.63, 3.8) is 0 Å². The van der Waals surface area contributed by atoms with E-state index >= 15 is 0 Å². The van der Waals surface area contributed by atoms with Crippen molar-refractivity contribution < 1.29 is 13.5 Å². The van der Waals surface area contributed by atoms with Crippen molar-refractivity contribution >= 4 is 9.84 Å². The molecule has 1 N–H and O–H groups in total. The molecule has 0 spiro atoms. The maximum Gasteiger partial charge on any atom is 0.182 e. The molecule has 4 atom stereocenters. The summed E-state index contributed by atoms with van der Waals surface area (Å²) < 4.78 is 26.3. The van der Waals surface area contributed by atoms with Crippen LogP contribution in [0.5, 0.6) is 0 Å². The van der Waals surface area contributed by atoms with Crippen LogP contribution in [0.2, 0.25) is 0 Å². The lowest BCUT2D eigenvalue weighted by Crippen LogP contribution is -2.48. The highest BCUT2D eigenvalue weighted by molar-refractivity contribution is 7.92. The summed E-state index contributed by atoms with van der Waals surface area (Å²) in [6.45, 7) is 0.689. The van der Waals surface area contributed by atoms with Crippen LogP contribution < -0.4 is 0 Å². The molecule has 2 aliphatic heterocycles. The van der Waals surface area contributed by atoms with Crippen molar-refractivity contribution in [3.8, 4) is 0 Å². The molecule has 0 amide bonds. The third-order valence-corrected chi connectivity index (χ3v) is 7.87. The highest BCUT2D eigenvalue weighted by Crippen LogP contribution is 2.41. The van der Waals surface area contributed by atoms with Gasteiger partial charge in [0.25, 0.3) is 0 Å². The quantitative estimate of drug-likeness (QED) is 0.914. The summed E-state index contributed by atoms with van der Waals surface area (Å²) in [7, 11) is -3.39. The van der Waals surface area contributed by atoms with Crippen LogP contribution in [-0.2, 0) is 16.4 Å². The fraction of sp³-hybridized carbons (Fsp3) is 0.400. The van der Waals surface area contributed by atoms with E-state index in [0.717, 1.165) is 12.0 Å². The molecule has 4 nitrogen and oxygen atoms in total. The van der Waals surface area contributed by atoms with E-state index in [1.807, 2.05) is 24.3 Å². The molecular weight excluding hydrogens is 334 g/mol. The second-order valence-corrected chi connectivity index (χ2v) is 9.24. The zero-order valence-electron chi connectivity index (χ0n) is 14.0. The van der Waals surface area contributed by atoms with Gasteiger partial charge in [-0.25, -0.2) is 8.42 Å². The molecule has 132 valence electrons. The van der Waals surface area contributed by atoms with Crippen LogP contribution in [0.25, 0.3) is 0 Å². The van der Waals surface area contributed by atoms with Gasteiger partial charge in [-0.05, 0) is 37.0 Å². The fourth-order valence-electron chi connectivity index (χ4n) is 4.40. The Morgan fingerprint density at radius 2 is 1.56 bits per heavy atom. The van der Waals surface area contributed by atoms with E-state index in [0.29, 0.717) is 24.3 Å². The Morgan fingerprint density at radius 1 is 0.920 bits per heavy atom. The zero-order valence-corrected chi connectivity index (χ0v) is 14.8. The summed E-state index contributed by atoms with van der Waals surface area (Å²) in [5.74, 6) is 0. The average molecular weight is 357 g/mol. The molecule has 0 saturated carbocycles. The first-order valence-electron chi connectivity index (χ1n) is 8.84. The van der Waals surface area contributed by atoms with Crippen LogP contribution in [0.3, 0.4) is 0 Å². The maximum atomic E-state index is 13.2. The van der Waals surface area contributed by atoms with Crippen molar-refractivity contribution in [1.29, 1.82) is 0 Å². The Balaban J connectivity index is 1.65. The molecule has 0 aliphatic carbocycles. The van der Waals surface area contributed by atoms with Crippen molar-refractivity contribution in [2.45, 2.75) is 54.1 Å². The number of piperidine rings is 1. The number of hydrogen-bond donors (Lipinski definition) is 1. The molecule has 2 aliphatic rings. The molecule has 0 radical (unpaired) electrons. The summed E-state index contributed by atoms with van der Waals surface area (Å²) in [5.41, 5.74) is 1.16. The second kappa shape index (κ2) is 6.56. The Labute approximate surface area is 149 Å². The number of sulfone groups is 1. The van der Waals surface area contributed by atoms with Gasteiger partial charge in [-0.3, -0.25) is 4.90 Å². The molecule has 25 heavy (non-hydrogen) atoms. The van der Waals surface area contributed by atoms with Crippen molar-refractivity contribution in [2.24, 2.45) is 0 Å². The van der Waals surface area contributed by atoms with E-state index < -0.39 is 21.2 Å². The largest absolute Gasteiger partial charge is 0.391 e. The number of hydrogen-bond acceptors (Lipinski definition) is 4. The van der Waals surface area contributed by atoms with Gasteiger partial charge in [-0.1, -0.05) is 48.5 Å². The maximum absolute atomic E-state index is 13.2. The first-order chi connectivity index (χ1) is 12.1. The molecular formula is C20H23NO3S. The van der Waals surface area contributed by atoms with Crippen LogP contribution in [0.1, 0.15) is 24.8 Å². The lowest BCUT2D eigenvalue weighted by molar-refractivity contribution is 0.00974. The number of aliphatic hydroxyl groups is 1. The highest BCUT2D eigenvalue weighted by Gasteiger charge is 2.52. The molecule has 2 bridgehead atoms. The Bertz CT molecular complexity index is 823. The van der Waals surface area contributed by atoms with Gasteiger partial charge in [0.2, 0.25) is 0 Å². The molecule has 2 aromatic rings. The number of fused-ring (bicyclic) bond motifs is 2. The molecule has 2 saturated heterocycles. The predicted molar refractivity (Wildman–Crippen MR) is 96.8 cm³/mol. The molecule has 2 fully saturated rings. The van der Waals surface area contributed by atoms with E-state index in [-0.39, 0.29) is 12.1 Å². The summed E-state index contributed by atoms with van der Waals surface area (Å²) in [6, 6.07) is 18.7. The topological polar surface area (TPSA) is 57.6 Å². The van der Waals surface area contributed by atoms with Crippen LogP contribution in [-0.4, -0.2) is 41.9 Å². The number of rotatable bonds is 4. The number of aliphatic hydroxyl groups excluding tert-OH is 1. The minimum absolute atomic E-state index is 0.0289. The van der Waals surface area contributed by atoms with Crippen molar-refractivity contribution in [1.82, 2.24) is 4.90 Å². The third-order valence-electron chi connectivity index (χ3n) is 5.64. The third kappa shape index (κ3) is 3.01. The molecule has 0 aromatic heterocycles. The lowest BCUT2D eigenvalue weighted by atomic mass is 9.99. The summed E-state index contributed by atoms with van der Waals surface area (Å²) >= 11 is 0. The van der Waals surface area contributed by atoms with Gasteiger partial charge < -0.3 is 5.11 Å². The summed E-state index contributed by atoms with van der Waals surface area (Å²) in [4.78, 5) is 2.61. The first-order valence-corrected chi connectivity index (χ1v) is 10.4. The minimum atomic E-state index is -3.39. The van der Waals surface area contributed by atoms with E-state index in [1.54, 1.807) is 24.3 Å². The van der Waals surface area contributed by atoms with E-state index in [9.17, 15) is 13.5 Å². The van der Waals surface area contributed by atoms with E-state index in [2.05, 4.69) is 17.0 Å². The van der Waals surface area contributed by atoms with Gasteiger partial charge in [-0.15, -0.1) is 0 Å². The van der Waals surface area contributed by atoms with Crippen molar-refractivity contribution in [2.75, 3.05) is 0 Å². The monoisotopic (exact) mass is 357 g/mol. The molecule has 5 heteroatoms. The first kappa shape index (κ1) is 16.8. The second-order valence-electron chi connectivity index (χ2n) is 7.07. The van der Waals surface area contributed by atoms with Gasteiger partial charge in [0.1, 0.15) is 0 Å². The SMILES string of the molecule is O=S(=O)(c1ccccc1)[C@H]1C[C@@H]2[C@@H](O)CC[C@H]1N2Cc1ccccc1. The fourth-order valence-corrected chi connectivity index (χ4v) is 6.44. The lowest BCUT2D eigenvalue weighted by Gasteiger charge is -2.38. The van der Waals surface area contributed by atoms with Gasteiger partial charge in [-0.2, -0.15) is 0 Å². The summed E-state index contributed by atoms with van der Waals surface area (Å²) in [5, 5.41) is 10.0. The predicted octanol–water partition coefficient (Wildman–Crippen LogP) is 2.63.